The van der Waals surface area contributed by atoms with Gasteiger partial charge < -0.3 is 10.6 Å². The molecule has 2 amide bonds. The molecule has 0 radical (unpaired) electrons. The number of carbonyl (C=O) groups is 2. The van der Waals surface area contributed by atoms with Gasteiger partial charge in [-0.2, -0.15) is 0 Å². The molecule has 0 aliphatic rings. The zero-order valence-electron chi connectivity index (χ0n) is 11.5. The Kier molecular flexibility index (Phi) is 6.82. The fourth-order valence-corrected chi connectivity index (χ4v) is 2.18. The van der Waals surface area contributed by atoms with Crippen molar-refractivity contribution in [3.63, 3.8) is 0 Å². The van der Waals surface area contributed by atoms with E-state index in [1.807, 2.05) is 13.0 Å². The Balaban J connectivity index is 2.44. The van der Waals surface area contributed by atoms with Gasteiger partial charge in [0.1, 0.15) is 0 Å². The van der Waals surface area contributed by atoms with E-state index in [4.69, 9.17) is 23.2 Å². The van der Waals surface area contributed by atoms with Gasteiger partial charge in [-0.15, -0.1) is 0 Å². The van der Waals surface area contributed by atoms with Crippen LogP contribution in [0.4, 0.5) is 0 Å². The number of carbonyl (C=O) groups excluding carboxylic acids is 2. The highest BCUT2D eigenvalue weighted by Crippen LogP contribution is 2.21. The second kappa shape index (κ2) is 8.12. The molecule has 1 rings (SSSR count). The van der Waals surface area contributed by atoms with Crippen molar-refractivity contribution < 1.29 is 9.59 Å². The lowest BCUT2D eigenvalue weighted by atomic mass is 10.1. The van der Waals surface area contributed by atoms with Gasteiger partial charge in [0.15, 0.2) is 0 Å². The summed E-state index contributed by atoms with van der Waals surface area (Å²) in [4.78, 5) is 22.7. The number of amides is 2. The highest BCUT2D eigenvalue weighted by Gasteiger charge is 2.11. The van der Waals surface area contributed by atoms with Gasteiger partial charge in [0.2, 0.25) is 11.8 Å². The fourth-order valence-electron chi connectivity index (χ4n) is 1.70. The third kappa shape index (κ3) is 5.80. The van der Waals surface area contributed by atoms with Crippen LogP contribution >= 0.6 is 23.2 Å². The lowest BCUT2D eigenvalue weighted by Crippen LogP contribution is -2.41. The molecule has 0 fully saturated rings. The average molecular weight is 317 g/mol. The molecule has 0 saturated heterocycles. The molecule has 1 unspecified atom stereocenters. The van der Waals surface area contributed by atoms with E-state index >= 15 is 0 Å². The maximum absolute atomic E-state index is 11.6. The summed E-state index contributed by atoms with van der Waals surface area (Å²) < 4.78 is 0. The van der Waals surface area contributed by atoms with Crippen LogP contribution in [0.3, 0.4) is 0 Å². The molecule has 0 spiro atoms. The van der Waals surface area contributed by atoms with Crippen LogP contribution in [0.25, 0.3) is 0 Å². The molecule has 1 atom stereocenters. The zero-order chi connectivity index (χ0) is 15.1. The van der Waals surface area contributed by atoms with E-state index in [2.05, 4.69) is 10.6 Å². The first-order chi connectivity index (χ1) is 9.42. The van der Waals surface area contributed by atoms with Gasteiger partial charge in [-0.25, -0.2) is 0 Å². The summed E-state index contributed by atoms with van der Waals surface area (Å²) in [7, 11) is 0. The summed E-state index contributed by atoms with van der Waals surface area (Å²) in [5, 5.41) is 6.49. The predicted molar refractivity (Wildman–Crippen MR) is 81.1 cm³/mol. The average Bonchev–Trinajstić information content (AvgIpc) is 2.39. The molecule has 0 saturated carbocycles. The van der Waals surface area contributed by atoms with Crippen molar-refractivity contribution >= 4 is 35.0 Å². The first-order valence-electron chi connectivity index (χ1n) is 6.42. The minimum Gasteiger partial charge on any atom is -0.352 e. The molecule has 4 nitrogen and oxygen atoms in total. The van der Waals surface area contributed by atoms with Gasteiger partial charge in [-0.05, 0) is 31.0 Å². The number of hydrogen-bond donors (Lipinski definition) is 2. The van der Waals surface area contributed by atoms with Crippen LogP contribution in [0.5, 0.6) is 0 Å². The van der Waals surface area contributed by atoms with E-state index in [9.17, 15) is 9.59 Å². The summed E-state index contributed by atoms with van der Waals surface area (Å²) in [5.41, 5.74) is 0.918. The predicted octanol–water partition coefficient (Wildman–Crippen LogP) is 2.57. The largest absolute Gasteiger partial charge is 0.352 e. The second-order valence-corrected chi connectivity index (χ2v) is 5.38. The van der Waals surface area contributed by atoms with Crippen molar-refractivity contribution in [2.24, 2.45) is 0 Å². The standard InChI is InChI=1S/C14H18Cl2N2O2/c1-3-13(19)17-8-14(20)18-9(2)6-10-4-5-11(15)7-12(10)16/h4-5,7,9H,3,6,8H2,1-2H3,(H,17,19)(H,18,20). The van der Waals surface area contributed by atoms with Crippen molar-refractivity contribution in [1.82, 2.24) is 10.6 Å². The number of hydrogen-bond acceptors (Lipinski definition) is 2. The Morgan fingerprint density at radius 2 is 1.95 bits per heavy atom. The topological polar surface area (TPSA) is 58.2 Å². The maximum atomic E-state index is 11.6. The van der Waals surface area contributed by atoms with Crippen LogP contribution in [-0.2, 0) is 16.0 Å². The minimum atomic E-state index is -0.218. The van der Waals surface area contributed by atoms with Crippen molar-refractivity contribution in [3.8, 4) is 0 Å². The first kappa shape index (κ1) is 16.8. The fraction of sp³-hybridized carbons (Fsp3) is 0.429. The van der Waals surface area contributed by atoms with Gasteiger partial charge in [0, 0.05) is 22.5 Å². The Labute approximate surface area is 128 Å². The van der Waals surface area contributed by atoms with E-state index in [1.165, 1.54) is 0 Å². The van der Waals surface area contributed by atoms with Crippen molar-refractivity contribution in [2.45, 2.75) is 32.7 Å². The van der Waals surface area contributed by atoms with Crippen LogP contribution in [0.1, 0.15) is 25.8 Å². The summed E-state index contributed by atoms with van der Waals surface area (Å²) >= 11 is 11.9. The van der Waals surface area contributed by atoms with Gasteiger partial charge >= 0.3 is 0 Å². The molecule has 0 aromatic heterocycles. The van der Waals surface area contributed by atoms with E-state index in [-0.39, 0.29) is 24.4 Å². The molecule has 0 bridgehead atoms. The van der Waals surface area contributed by atoms with Gasteiger partial charge in [-0.3, -0.25) is 9.59 Å². The van der Waals surface area contributed by atoms with Gasteiger partial charge in [0.05, 0.1) is 6.54 Å². The monoisotopic (exact) mass is 316 g/mol. The third-order valence-electron chi connectivity index (χ3n) is 2.72. The highest BCUT2D eigenvalue weighted by atomic mass is 35.5. The lowest BCUT2D eigenvalue weighted by Gasteiger charge is -2.15. The lowest BCUT2D eigenvalue weighted by molar-refractivity contribution is -0.126. The molecule has 20 heavy (non-hydrogen) atoms. The van der Waals surface area contributed by atoms with E-state index in [1.54, 1.807) is 19.1 Å². The highest BCUT2D eigenvalue weighted by molar-refractivity contribution is 6.35. The molecule has 6 heteroatoms. The third-order valence-corrected chi connectivity index (χ3v) is 3.30. The van der Waals surface area contributed by atoms with Crippen molar-refractivity contribution in [3.05, 3.63) is 33.8 Å². The summed E-state index contributed by atoms with van der Waals surface area (Å²) in [5.74, 6) is -0.363. The quantitative estimate of drug-likeness (QED) is 0.847. The SMILES string of the molecule is CCC(=O)NCC(=O)NC(C)Cc1ccc(Cl)cc1Cl. The molecule has 110 valence electrons. The van der Waals surface area contributed by atoms with Gasteiger partial charge in [0.25, 0.3) is 0 Å². The first-order valence-corrected chi connectivity index (χ1v) is 7.18. The smallest absolute Gasteiger partial charge is 0.239 e. The Morgan fingerprint density at radius 3 is 2.55 bits per heavy atom. The molecule has 0 heterocycles. The summed E-state index contributed by atoms with van der Waals surface area (Å²) in [6, 6.07) is 5.19. The zero-order valence-corrected chi connectivity index (χ0v) is 13.0. The minimum absolute atomic E-state index is 0.00857. The van der Waals surface area contributed by atoms with Crippen LogP contribution in [-0.4, -0.2) is 24.4 Å². The molecule has 0 aliphatic heterocycles. The Hall–Kier alpha value is -1.26. The molecule has 0 aliphatic carbocycles. The molecular weight excluding hydrogens is 299 g/mol. The van der Waals surface area contributed by atoms with Crippen LogP contribution < -0.4 is 10.6 Å². The summed E-state index contributed by atoms with van der Waals surface area (Å²) in [6.07, 6.45) is 0.965. The number of nitrogens with one attached hydrogen (secondary N) is 2. The van der Waals surface area contributed by atoms with Crippen molar-refractivity contribution in [1.29, 1.82) is 0 Å². The molecule has 2 N–H and O–H groups in total. The molecule has 1 aromatic carbocycles. The Morgan fingerprint density at radius 1 is 1.25 bits per heavy atom. The number of halogens is 2. The normalized spacial score (nSPS) is 11.8. The van der Waals surface area contributed by atoms with Crippen LogP contribution in [0.2, 0.25) is 10.0 Å². The van der Waals surface area contributed by atoms with Crippen LogP contribution in [0.15, 0.2) is 18.2 Å². The van der Waals surface area contributed by atoms with E-state index in [0.29, 0.717) is 22.9 Å². The number of rotatable bonds is 6. The second-order valence-electron chi connectivity index (χ2n) is 4.54. The number of benzene rings is 1. The van der Waals surface area contributed by atoms with E-state index in [0.717, 1.165) is 5.56 Å². The van der Waals surface area contributed by atoms with Gasteiger partial charge in [-0.1, -0.05) is 36.2 Å². The van der Waals surface area contributed by atoms with Crippen molar-refractivity contribution in [2.75, 3.05) is 6.54 Å². The maximum Gasteiger partial charge on any atom is 0.239 e. The van der Waals surface area contributed by atoms with E-state index < -0.39 is 0 Å². The molecule has 1 aromatic rings. The molecular formula is C14H18Cl2N2O2. The Bertz CT molecular complexity index is 492. The van der Waals surface area contributed by atoms with Crippen LogP contribution in [0, 0.1) is 0 Å². The summed E-state index contributed by atoms with van der Waals surface area (Å²) in [6.45, 7) is 3.61.